The molecular weight excluding hydrogens is 158 g/mol. The summed E-state index contributed by atoms with van der Waals surface area (Å²) in [5.74, 6) is -0.258. The highest BCUT2D eigenvalue weighted by molar-refractivity contribution is 5.84. The lowest BCUT2D eigenvalue weighted by atomic mass is 10.2. The van der Waals surface area contributed by atoms with Crippen molar-refractivity contribution >= 4 is 11.9 Å². The summed E-state index contributed by atoms with van der Waals surface area (Å²) >= 11 is 0. The van der Waals surface area contributed by atoms with Crippen LogP contribution in [0.1, 0.15) is 13.3 Å². The van der Waals surface area contributed by atoms with Crippen LogP contribution in [0.2, 0.25) is 0 Å². The number of aliphatic carboxylic acids is 1. The molecule has 3 atom stereocenters. The molecule has 12 heavy (non-hydrogen) atoms. The molecule has 4 heteroatoms. The van der Waals surface area contributed by atoms with Crippen LogP contribution in [0.15, 0.2) is 0 Å². The van der Waals surface area contributed by atoms with E-state index >= 15 is 0 Å². The van der Waals surface area contributed by atoms with Crippen molar-refractivity contribution in [1.82, 2.24) is 4.90 Å². The van der Waals surface area contributed by atoms with Crippen LogP contribution in [0.5, 0.6) is 0 Å². The summed E-state index contributed by atoms with van der Waals surface area (Å²) in [6, 6.07) is -0.535. The molecule has 0 unspecified atom stereocenters. The Morgan fingerprint density at radius 3 is 2.58 bits per heavy atom. The van der Waals surface area contributed by atoms with Gasteiger partial charge in [-0.1, -0.05) is 0 Å². The zero-order chi connectivity index (χ0) is 8.88. The largest absolute Gasteiger partial charge is 0.480 e. The standard InChI is InChI=1S/C8H11NO3/c1-4(10)9-3-5-2-6(5)7(9)8(11)12/h5-7H,2-3H2,1H3,(H,11,12)/t5-,6-,7-/m0/s1. The molecule has 1 saturated heterocycles. The minimum atomic E-state index is -0.852. The molecule has 0 aromatic carbocycles. The molecule has 1 aliphatic heterocycles. The minimum Gasteiger partial charge on any atom is -0.480 e. The normalized spacial score (nSPS) is 37.8. The summed E-state index contributed by atoms with van der Waals surface area (Å²) in [7, 11) is 0. The second-order valence-electron chi connectivity index (χ2n) is 3.61. The van der Waals surface area contributed by atoms with Crippen molar-refractivity contribution in [3.63, 3.8) is 0 Å². The number of nitrogens with zero attached hydrogens (tertiary/aromatic N) is 1. The van der Waals surface area contributed by atoms with Gasteiger partial charge in [-0.05, 0) is 18.3 Å². The van der Waals surface area contributed by atoms with Crippen molar-refractivity contribution < 1.29 is 14.7 Å². The van der Waals surface area contributed by atoms with Gasteiger partial charge in [0.15, 0.2) is 0 Å². The average molecular weight is 169 g/mol. The van der Waals surface area contributed by atoms with E-state index in [4.69, 9.17) is 5.11 Å². The van der Waals surface area contributed by atoms with E-state index in [-0.39, 0.29) is 11.8 Å². The van der Waals surface area contributed by atoms with Crippen molar-refractivity contribution in [3.05, 3.63) is 0 Å². The van der Waals surface area contributed by atoms with Gasteiger partial charge in [-0.2, -0.15) is 0 Å². The fraction of sp³-hybridized carbons (Fsp3) is 0.750. The predicted molar refractivity (Wildman–Crippen MR) is 40.4 cm³/mol. The van der Waals surface area contributed by atoms with E-state index in [0.717, 1.165) is 6.42 Å². The lowest BCUT2D eigenvalue weighted by molar-refractivity contribution is -0.148. The zero-order valence-electron chi connectivity index (χ0n) is 6.86. The van der Waals surface area contributed by atoms with Gasteiger partial charge in [-0.3, -0.25) is 4.79 Å². The molecule has 4 nitrogen and oxygen atoms in total. The second kappa shape index (κ2) is 2.21. The number of hydrogen-bond acceptors (Lipinski definition) is 2. The maximum atomic E-state index is 11.0. The fourth-order valence-electron chi connectivity index (χ4n) is 2.11. The number of carbonyl (C=O) groups excluding carboxylic acids is 1. The number of piperidine rings is 1. The maximum absolute atomic E-state index is 11.0. The molecular formula is C8H11NO3. The Hall–Kier alpha value is -1.06. The van der Waals surface area contributed by atoms with E-state index in [0.29, 0.717) is 12.5 Å². The number of fused-ring (bicyclic) bond motifs is 1. The van der Waals surface area contributed by atoms with Crippen molar-refractivity contribution in [2.24, 2.45) is 11.8 Å². The Balaban J connectivity index is 2.16. The van der Waals surface area contributed by atoms with Crippen molar-refractivity contribution in [3.8, 4) is 0 Å². The molecule has 1 aliphatic carbocycles. The molecule has 2 fully saturated rings. The van der Waals surface area contributed by atoms with Crippen LogP contribution < -0.4 is 0 Å². The highest BCUT2D eigenvalue weighted by atomic mass is 16.4. The van der Waals surface area contributed by atoms with Gasteiger partial charge in [-0.15, -0.1) is 0 Å². The molecule has 1 amide bonds. The van der Waals surface area contributed by atoms with Gasteiger partial charge in [0.25, 0.3) is 0 Å². The molecule has 0 aromatic heterocycles. The molecule has 1 saturated carbocycles. The number of carboxylic acid groups (broad SMARTS) is 1. The summed E-state index contributed by atoms with van der Waals surface area (Å²) in [5.41, 5.74) is 0. The molecule has 0 aromatic rings. The number of carbonyl (C=O) groups is 2. The van der Waals surface area contributed by atoms with Crippen LogP contribution in [-0.4, -0.2) is 34.5 Å². The Morgan fingerprint density at radius 1 is 1.50 bits per heavy atom. The van der Waals surface area contributed by atoms with E-state index < -0.39 is 12.0 Å². The summed E-state index contributed by atoms with van der Waals surface area (Å²) < 4.78 is 0. The van der Waals surface area contributed by atoms with Gasteiger partial charge < -0.3 is 10.0 Å². The first-order valence-corrected chi connectivity index (χ1v) is 4.11. The number of amides is 1. The monoisotopic (exact) mass is 169 g/mol. The third-order valence-corrected chi connectivity index (χ3v) is 2.81. The number of likely N-dealkylation sites (tertiary alicyclic amines) is 1. The second-order valence-corrected chi connectivity index (χ2v) is 3.61. The zero-order valence-corrected chi connectivity index (χ0v) is 6.86. The van der Waals surface area contributed by atoms with E-state index in [1.807, 2.05) is 0 Å². The molecule has 2 aliphatic rings. The van der Waals surface area contributed by atoms with Crippen LogP contribution in [0.4, 0.5) is 0 Å². The third kappa shape index (κ3) is 0.906. The van der Waals surface area contributed by atoms with Crippen LogP contribution in [-0.2, 0) is 9.59 Å². The first kappa shape index (κ1) is 7.58. The van der Waals surface area contributed by atoms with E-state index in [9.17, 15) is 9.59 Å². The van der Waals surface area contributed by atoms with Gasteiger partial charge in [0.05, 0.1) is 0 Å². The average Bonchev–Trinajstić information content (AvgIpc) is 2.60. The molecule has 1 N–H and O–H groups in total. The van der Waals surface area contributed by atoms with Gasteiger partial charge in [0.1, 0.15) is 6.04 Å². The van der Waals surface area contributed by atoms with E-state index in [1.165, 1.54) is 11.8 Å². The summed E-state index contributed by atoms with van der Waals surface area (Å²) in [6.45, 7) is 2.08. The van der Waals surface area contributed by atoms with Crippen LogP contribution in [0.3, 0.4) is 0 Å². The topological polar surface area (TPSA) is 57.6 Å². The maximum Gasteiger partial charge on any atom is 0.326 e. The van der Waals surface area contributed by atoms with Crippen molar-refractivity contribution in [1.29, 1.82) is 0 Å². The molecule has 1 heterocycles. The molecule has 0 bridgehead atoms. The lowest BCUT2D eigenvalue weighted by Crippen LogP contribution is -2.42. The number of hydrogen-bond donors (Lipinski definition) is 1. The highest BCUT2D eigenvalue weighted by Gasteiger charge is 2.56. The molecule has 0 spiro atoms. The quantitative estimate of drug-likeness (QED) is 0.598. The predicted octanol–water partition coefficient (Wildman–Crippen LogP) is -0.0622. The smallest absolute Gasteiger partial charge is 0.326 e. The molecule has 66 valence electrons. The molecule has 0 radical (unpaired) electrons. The van der Waals surface area contributed by atoms with Gasteiger partial charge in [0, 0.05) is 13.5 Å². The SMILES string of the molecule is CC(=O)N1C[C@@H]2C[C@@H]2[C@H]1C(=O)O. The van der Waals surface area contributed by atoms with Crippen LogP contribution in [0.25, 0.3) is 0 Å². The minimum absolute atomic E-state index is 0.116. The van der Waals surface area contributed by atoms with Crippen molar-refractivity contribution in [2.75, 3.05) is 6.54 Å². The van der Waals surface area contributed by atoms with Crippen LogP contribution >= 0.6 is 0 Å². The van der Waals surface area contributed by atoms with Crippen LogP contribution in [0, 0.1) is 11.8 Å². The summed E-state index contributed by atoms with van der Waals surface area (Å²) in [4.78, 5) is 23.2. The number of rotatable bonds is 1. The Kier molecular flexibility index (Phi) is 1.40. The third-order valence-electron chi connectivity index (χ3n) is 2.81. The highest BCUT2D eigenvalue weighted by Crippen LogP contribution is 2.49. The Morgan fingerprint density at radius 2 is 2.17 bits per heavy atom. The fourth-order valence-corrected chi connectivity index (χ4v) is 2.11. The summed E-state index contributed by atoms with van der Waals surface area (Å²) in [5, 5.41) is 8.84. The van der Waals surface area contributed by atoms with E-state index in [1.54, 1.807) is 0 Å². The van der Waals surface area contributed by atoms with Gasteiger partial charge in [0.2, 0.25) is 5.91 Å². The van der Waals surface area contributed by atoms with Gasteiger partial charge in [-0.25, -0.2) is 4.79 Å². The summed E-state index contributed by atoms with van der Waals surface area (Å²) in [6.07, 6.45) is 0.987. The van der Waals surface area contributed by atoms with E-state index in [2.05, 4.69) is 0 Å². The Bertz CT molecular complexity index is 251. The van der Waals surface area contributed by atoms with Crippen molar-refractivity contribution in [2.45, 2.75) is 19.4 Å². The number of carboxylic acids is 1. The first-order valence-electron chi connectivity index (χ1n) is 4.11. The van der Waals surface area contributed by atoms with Gasteiger partial charge >= 0.3 is 5.97 Å². The molecule has 2 rings (SSSR count). The first-order chi connectivity index (χ1) is 5.61. The lowest BCUT2D eigenvalue weighted by Gasteiger charge is -2.22. The Labute approximate surface area is 70.2 Å².